The number of aromatic amines is 2. The minimum atomic E-state index is -1.48. The van der Waals surface area contributed by atoms with E-state index >= 15 is 0 Å². The molecule has 0 radical (unpaired) electrons. The lowest BCUT2D eigenvalue weighted by molar-refractivity contribution is 0.0617. The third kappa shape index (κ3) is 4.86. The Kier molecular flexibility index (Phi) is 6.80. The number of carbonyl (C=O) groups excluding carboxylic acids is 1. The number of amides is 1. The van der Waals surface area contributed by atoms with Crippen LogP contribution in [-0.4, -0.2) is 62.9 Å². The fourth-order valence-corrected chi connectivity index (χ4v) is 5.82. The predicted molar refractivity (Wildman–Crippen MR) is 146 cm³/mol. The van der Waals surface area contributed by atoms with Gasteiger partial charge in [-0.05, 0) is 70.1 Å². The Morgan fingerprint density at radius 3 is 2.49 bits per heavy atom. The normalized spacial score (nSPS) is 16.9. The predicted octanol–water partition coefficient (Wildman–Crippen LogP) is 4.57. The van der Waals surface area contributed by atoms with Gasteiger partial charge in [-0.1, -0.05) is 0 Å². The zero-order valence-electron chi connectivity index (χ0n) is 22.5. The number of benzene rings is 2. The molecule has 0 unspecified atom stereocenters. The van der Waals surface area contributed by atoms with E-state index in [4.69, 9.17) is 0 Å². The number of imidazole rings is 1. The average molecular weight is 569 g/mol. The second-order valence-corrected chi connectivity index (χ2v) is 10.9. The standard InChI is InChI=1S/C29H28F4N6O2/c1-14(9-18-25(32)19(30)12-20(31)26(18)33)35-21-3-6-34-28(40)24(21)27-36-22-10-15-13-39(16-4-7-38(2)8-5-16)29(41)17(15)11-23(22)37-27/h3,6,10-12,14,16H,4-5,7-9,13H2,1-2H3,(H,36,37)(H2,34,35,40)/t14-/m1/s1. The lowest BCUT2D eigenvalue weighted by Crippen LogP contribution is -2.43. The first-order valence-electron chi connectivity index (χ1n) is 13.4. The van der Waals surface area contributed by atoms with Gasteiger partial charge in [0.15, 0.2) is 23.3 Å². The maximum Gasteiger partial charge on any atom is 0.261 e. The molecule has 214 valence electrons. The van der Waals surface area contributed by atoms with Crippen LogP contribution >= 0.6 is 0 Å². The number of aromatic nitrogens is 3. The van der Waals surface area contributed by atoms with Crippen molar-refractivity contribution in [3.63, 3.8) is 0 Å². The molecular formula is C29H28F4N6O2. The molecule has 2 aromatic heterocycles. The first-order valence-corrected chi connectivity index (χ1v) is 13.4. The number of H-pyrrole nitrogens is 2. The summed E-state index contributed by atoms with van der Waals surface area (Å²) in [5.41, 5.74) is 1.87. The third-order valence-electron chi connectivity index (χ3n) is 7.98. The van der Waals surface area contributed by atoms with Crippen LogP contribution in [0.1, 0.15) is 41.3 Å². The number of hydrogen-bond acceptors (Lipinski definition) is 5. The van der Waals surface area contributed by atoms with Gasteiger partial charge in [0.25, 0.3) is 11.5 Å². The molecule has 3 N–H and O–H groups in total. The van der Waals surface area contributed by atoms with E-state index in [1.807, 2.05) is 11.0 Å². The number of anilines is 1. The summed E-state index contributed by atoms with van der Waals surface area (Å²) in [4.78, 5) is 40.7. The highest BCUT2D eigenvalue weighted by Crippen LogP contribution is 2.33. The maximum absolute atomic E-state index is 14.2. The van der Waals surface area contributed by atoms with Gasteiger partial charge in [-0.3, -0.25) is 9.59 Å². The zero-order chi connectivity index (χ0) is 29.0. The van der Waals surface area contributed by atoms with Gasteiger partial charge in [0.1, 0.15) is 11.4 Å². The summed E-state index contributed by atoms with van der Waals surface area (Å²) < 4.78 is 55.8. The molecule has 1 fully saturated rings. The Bertz CT molecular complexity index is 1700. The number of nitrogens with zero attached hydrogens (tertiary/aromatic N) is 3. The number of carbonyl (C=O) groups is 1. The number of pyridine rings is 1. The molecule has 1 atom stereocenters. The van der Waals surface area contributed by atoms with Crippen LogP contribution in [0.5, 0.6) is 0 Å². The fraction of sp³-hybridized carbons (Fsp3) is 0.345. The van der Waals surface area contributed by atoms with Crippen molar-refractivity contribution in [2.45, 2.75) is 44.8 Å². The van der Waals surface area contributed by atoms with E-state index in [2.05, 4.69) is 32.2 Å². The molecule has 6 rings (SSSR count). The highest BCUT2D eigenvalue weighted by atomic mass is 19.2. The molecule has 0 bridgehead atoms. The van der Waals surface area contributed by atoms with Crippen molar-refractivity contribution in [3.8, 4) is 11.4 Å². The summed E-state index contributed by atoms with van der Waals surface area (Å²) in [5.74, 6) is -5.68. The molecule has 2 aliphatic rings. The Labute approximate surface area is 232 Å². The lowest BCUT2D eigenvalue weighted by Gasteiger charge is -2.34. The molecule has 4 aromatic rings. The van der Waals surface area contributed by atoms with E-state index in [1.54, 1.807) is 19.1 Å². The molecule has 1 saturated heterocycles. The number of halogens is 4. The molecule has 0 aliphatic carbocycles. The molecule has 0 saturated carbocycles. The Balaban J connectivity index is 1.27. The van der Waals surface area contributed by atoms with Gasteiger partial charge in [-0.2, -0.15) is 0 Å². The number of nitrogens with one attached hydrogen (secondary N) is 3. The monoisotopic (exact) mass is 568 g/mol. The minimum Gasteiger partial charge on any atom is -0.381 e. The smallest absolute Gasteiger partial charge is 0.261 e. The van der Waals surface area contributed by atoms with Gasteiger partial charge in [-0.25, -0.2) is 22.5 Å². The Morgan fingerprint density at radius 1 is 1.07 bits per heavy atom. The van der Waals surface area contributed by atoms with Gasteiger partial charge in [0, 0.05) is 42.0 Å². The highest BCUT2D eigenvalue weighted by Gasteiger charge is 2.34. The van der Waals surface area contributed by atoms with E-state index in [0.29, 0.717) is 28.8 Å². The quantitative estimate of drug-likeness (QED) is 0.234. The number of likely N-dealkylation sites (tertiary alicyclic amines) is 1. The highest BCUT2D eigenvalue weighted by molar-refractivity contribution is 6.02. The first-order chi connectivity index (χ1) is 19.6. The van der Waals surface area contributed by atoms with E-state index in [1.165, 1.54) is 6.20 Å². The summed E-state index contributed by atoms with van der Waals surface area (Å²) in [6, 6.07) is 4.80. The van der Waals surface area contributed by atoms with Crippen LogP contribution in [-0.2, 0) is 13.0 Å². The van der Waals surface area contributed by atoms with Crippen LogP contribution in [0.15, 0.2) is 35.3 Å². The molecule has 8 nitrogen and oxygen atoms in total. The van der Waals surface area contributed by atoms with Crippen molar-refractivity contribution in [3.05, 3.63) is 80.8 Å². The van der Waals surface area contributed by atoms with Crippen molar-refractivity contribution in [2.75, 3.05) is 25.5 Å². The van der Waals surface area contributed by atoms with Crippen LogP contribution in [0.25, 0.3) is 22.4 Å². The van der Waals surface area contributed by atoms with Gasteiger partial charge in [0.2, 0.25) is 0 Å². The van der Waals surface area contributed by atoms with E-state index < -0.39 is 40.4 Å². The van der Waals surface area contributed by atoms with Crippen molar-refractivity contribution in [1.29, 1.82) is 0 Å². The van der Waals surface area contributed by atoms with Gasteiger partial charge in [-0.15, -0.1) is 0 Å². The molecule has 0 spiro atoms. The van der Waals surface area contributed by atoms with Crippen LogP contribution in [0, 0.1) is 23.3 Å². The van der Waals surface area contributed by atoms with Crippen LogP contribution < -0.4 is 10.9 Å². The topological polar surface area (TPSA) is 97.1 Å². The molecule has 2 aromatic carbocycles. The largest absolute Gasteiger partial charge is 0.381 e. The average Bonchev–Trinajstić information content (AvgIpc) is 3.49. The van der Waals surface area contributed by atoms with E-state index in [-0.39, 0.29) is 35.8 Å². The molecule has 1 amide bonds. The van der Waals surface area contributed by atoms with E-state index in [9.17, 15) is 27.2 Å². The Hall–Kier alpha value is -4.19. The molecular weight excluding hydrogens is 540 g/mol. The lowest BCUT2D eigenvalue weighted by atomic mass is 10.0. The number of fused-ring (bicyclic) bond motifs is 2. The second kappa shape index (κ2) is 10.3. The van der Waals surface area contributed by atoms with Crippen molar-refractivity contribution < 1.29 is 22.4 Å². The first kappa shape index (κ1) is 27.0. The summed E-state index contributed by atoms with van der Waals surface area (Å²) in [5, 5.41) is 3.01. The van der Waals surface area contributed by atoms with Crippen molar-refractivity contribution in [2.24, 2.45) is 0 Å². The van der Waals surface area contributed by atoms with Gasteiger partial charge in [0.05, 0.1) is 16.7 Å². The molecule has 41 heavy (non-hydrogen) atoms. The van der Waals surface area contributed by atoms with Crippen molar-refractivity contribution in [1.82, 2.24) is 24.8 Å². The summed E-state index contributed by atoms with van der Waals surface area (Å²) >= 11 is 0. The van der Waals surface area contributed by atoms with Crippen molar-refractivity contribution >= 4 is 22.6 Å². The number of piperidine rings is 1. The summed E-state index contributed by atoms with van der Waals surface area (Å²) in [6.07, 6.45) is 2.86. The van der Waals surface area contributed by atoms with Crippen LogP contribution in [0.3, 0.4) is 0 Å². The van der Waals surface area contributed by atoms with Gasteiger partial charge < -0.3 is 25.1 Å². The third-order valence-corrected chi connectivity index (χ3v) is 7.98. The maximum atomic E-state index is 14.2. The Morgan fingerprint density at radius 2 is 1.78 bits per heavy atom. The summed E-state index contributed by atoms with van der Waals surface area (Å²) in [7, 11) is 2.08. The van der Waals surface area contributed by atoms with E-state index in [0.717, 1.165) is 31.5 Å². The SMILES string of the molecule is C[C@H](Cc1c(F)c(F)cc(F)c1F)Nc1cc[nH]c(=O)c1-c1nc2cc3c(cc2[nH]1)CN(C1CCN(C)CC1)C3=O. The zero-order valence-corrected chi connectivity index (χ0v) is 22.5. The molecule has 12 heteroatoms. The van der Waals surface area contributed by atoms with Gasteiger partial charge >= 0.3 is 0 Å². The number of rotatable bonds is 6. The fourth-order valence-electron chi connectivity index (χ4n) is 5.82. The van der Waals surface area contributed by atoms with Crippen LogP contribution in [0.2, 0.25) is 0 Å². The summed E-state index contributed by atoms with van der Waals surface area (Å²) in [6.45, 7) is 3.97. The minimum absolute atomic E-state index is 0.0250. The number of hydrogen-bond donors (Lipinski definition) is 3. The second-order valence-electron chi connectivity index (χ2n) is 10.9. The molecule has 4 heterocycles. The molecule has 2 aliphatic heterocycles. The van der Waals surface area contributed by atoms with Crippen LogP contribution in [0.4, 0.5) is 23.2 Å².